The minimum absolute atomic E-state index is 0.375. The van der Waals surface area contributed by atoms with Crippen molar-refractivity contribution < 1.29 is 27.0 Å². The van der Waals surface area contributed by atoms with E-state index in [1.807, 2.05) is 13.8 Å². The summed E-state index contributed by atoms with van der Waals surface area (Å²) < 4.78 is 60.3. The van der Waals surface area contributed by atoms with Crippen molar-refractivity contribution in [2.75, 3.05) is 6.61 Å². The smallest absolute Gasteiger partial charge is 0.461 e. The van der Waals surface area contributed by atoms with Crippen LogP contribution in [0.4, 0.5) is 17.6 Å². The van der Waals surface area contributed by atoms with E-state index in [4.69, 9.17) is 4.74 Å². The van der Waals surface area contributed by atoms with E-state index in [-0.39, 0.29) is 5.75 Å². The van der Waals surface area contributed by atoms with Crippen LogP contribution in [0, 0.1) is 6.92 Å². The molecule has 0 aliphatic carbocycles. The molecule has 0 atom stereocenters. The van der Waals surface area contributed by atoms with Gasteiger partial charge in [-0.25, -0.2) is 4.98 Å². The standard InChI is InChI=1S/C18H17F4N3O2S/c1-3-26-15-6-7-23-14(10(15)2)9-28-17-24-12-5-4-11(8-13(12)25-17)27-18(21,22)16(19)20/h4-8,16H,3,9H2,1-2H3,(H,24,25). The highest BCUT2D eigenvalue weighted by molar-refractivity contribution is 7.98. The van der Waals surface area contributed by atoms with Crippen LogP contribution in [-0.2, 0) is 5.75 Å². The highest BCUT2D eigenvalue weighted by Gasteiger charge is 2.44. The second kappa shape index (κ2) is 8.26. The predicted octanol–water partition coefficient (Wildman–Crippen LogP) is 5.19. The Morgan fingerprint density at radius 3 is 2.75 bits per heavy atom. The monoisotopic (exact) mass is 415 g/mol. The summed E-state index contributed by atoms with van der Waals surface area (Å²) in [4.78, 5) is 11.7. The molecule has 3 rings (SSSR count). The van der Waals surface area contributed by atoms with Crippen molar-refractivity contribution in [3.63, 3.8) is 0 Å². The Labute approximate surface area is 162 Å². The van der Waals surface area contributed by atoms with Crippen molar-refractivity contribution >= 4 is 22.8 Å². The predicted molar refractivity (Wildman–Crippen MR) is 97.4 cm³/mol. The van der Waals surface area contributed by atoms with Gasteiger partial charge in [-0.05, 0) is 32.0 Å². The molecule has 3 aromatic rings. The number of aromatic nitrogens is 3. The van der Waals surface area contributed by atoms with Gasteiger partial charge >= 0.3 is 12.5 Å². The van der Waals surface area contributed by atoms with E-state index in [1.165, 1.54) is 30.0 Å². The van der Waals surface area contributed by atoms with Crippen LogP contribution < -0.4 is 9.47 Å². The van der Waals surface area contributed by atoms with Crippen LogP contribution in [0.3, 0.4) is 0 Å². The molecule has 2 heterocycles. The summed E-state index contributed by atoms with van der Waals surface area (Å²) in [7, 11) is 0. The Hall–Kier alpha value is -2.49. The molecule has 0 aliphatic rings. The molecule has 10 heteroatoms. The molecular formula is C18H17F4N3O2S. The molecule has 0 aliphatic heterocycles. The molecule has 0 amide bonds. The number of halogens is 4. The molecule has 5 nitrogen and oxygen atoms in total. The molecule has 0 radical (unpaired) electrons. The third kappa shape index (κ3) is 4.49. The number of alkyl halides is 4. The quantitative estimate of drug-likeness (QED) is 0.405. The van der Waals surface area contributed by atoms with Gasteiger partial charge < -0.3 is 14.5 Å². The number of nitrogens with zero attached hydrogens (tertiary/aromatic N) is 2. The molecule has 0 saturated carbocycles. The largest absolute Gasteiger partial charge is 0.493 e. The fourth-order valence-corrected chi connectivity index (χ4v) is 3.36. The lowest BCUT2D eigenvalue weighted by molar-refractivity contribution is -0.253. The SMILES string of the molecule is CCOc1ccnc(CSc2nc3ccc(OC(F)(F)C(F)F)cc3[nH]2)c1C. The van der Waals surface area contributed by atoms with Gasteiger partial charge in [0.1, 0.15) is 11.5 Å². The minimum Gasteiger partial charge on any atom is -0.493 e. The fraction of sp³-hybridized carbons (Fsp3) is 0.333. The molecule has 150 valence electrons. The van der Waals surface area contributed by atoms with Gasteiger partial charge in [0.2, 0.25) is 0 Å². The van der Waals surface area contributed by atoms with E-state index in [9.17, 15) is 17.6 Å². The summed E-state index contributed by atoms with van der Waals surface area (Å²) in [6.45, 7) is 4.37. The zero-order valence-corrected chi connectivity index (χ0v) is 15.8. The number of aromatic amines is 1. The zero-order valence-electron chi connectivity index (χ0n) is 15.0. The number of pyridine rings is 1. The van der Waals surface area contributed by atoms with E-state index < -0.39 is 12.5 Å². The third-order valence-corrected chi connectivity index (χ3v) is 4.73. The Balaban J connectivity index is 1.74. The number of benzene rings is 1. The number of imidazole rings is 1. The highest BCUT2D eigenvalue weighted by Crippen LogP contribution is 2.31. The number of hydrogen-bond donors (Lipinski definition) is 1. The fourth-order valence-electron chi connectivity index (χ4n) is 2.45. The molecule has 0 spiro atoms. The first-order chi connectivity index (χ1) is 13.3. The number of ether oxygens (including phenoxy) is 2. The second-order valence-corrected chi connectivity index (χ2v) is 6.75. The number of rotatable bonds is 8. The van der Waals surface area contributed by atoms with Crippen LogP contribution in [0.1, 0.15) is 18.2 Å². The molecule has 0 fully saturated rings. The van der Waals surface area contributed by atoms with Gasteiger partial charge in [-0.1, -0.05) is 11.8 Å². The maximum Gasteiger partial charge on any atom is 0.461 e. The average Bonchev–Trinajstić information content (AvgIpc) is 3.04. The van der Waals surface area contributed by atoms with Crippen LogP contribution >= 0.6 is 11.8 Å². The molecule has 1 N–H and O–H groups in total. The number of nitrogens with one attached hydrogen (secondary N) is 1. The lowest BCUT2D eigenvalue weighted by Crippen LogP contribution is -2.33. The van der Waals surface area contributed by atoms with E-state index in [0.29, 0.717) is 28.5 Å². The number of H-pyrrole nitrogens is 1. The van der Waals surface area contributed by atoms with Gasteiger partial charge in [0.15, 0.2) is 5.16 Å². The Morgan fingerprint density at radius 2 is 2.04 bits per heavy atom. The minimum atomic E-state index is -4.56. The lowest BCUT2D eigenvalue weighted by atomic mass is 10.2. The van der Waals surface area contributed by atoms with Gasteiger partial charge in [0, 0.05) is 23.6 Å². The van der Waals surface area contributed by atoms with E-state index in [1.54, 1.807) is 12.3 Å². The second-order valence-electron chi connectivity index (χ2n) is 5.79. The molecular weight excluding hydrogens is 398 g/mol. The summed E-state index contributed by atoms with van der Waals surface area (Å²) >= 11 is 1.37. The van der Waals surface area contributed by atoms with Crippen LogP contribution in [0.15, 0.2) is 35.6 Å². The maximum atomic E-state index is 13.1. The maximum absolute atomic E-state index is 13.1. The van der Waals surface area contributed by atoms with Crippen LogP contribution in [0.2, 0.25) is 0 Å². The van der Waals surface area contributed by atoms with Gasteiger partial charge in [0.05, 0.1) is 23.3 Å². The van der Waals surface area contributed by atoms with Crippen molar-refractivity contribution in [2.24, 2.45) is 0 Å². The summed E-state index contributed by atoms with van der Waals surface area (Å²) in [6, 6.07) is 5.60. The van der Waals surface area contributed by atoms with E-state index in [0.717, 1.165) is 17.0 Å². The molecule has 0 unspecified atom stereocenters. The highest BCUT2D eigenvalue weighted by atomic mass is 32.2. The van der Waals surface area contributed by atoms with Crippen LogP contribution in [-0.4, -0.2) is 34.1 Å². The topological polar surface area (TPSA) is 60.0 Å². The number of hydrogen-bond acceptors (Lipinski definition) is 5. The van der Waals surface area contributed by atoms with Gasteiger partial charge in [0.25, 0.3) is 0 Å². The average molecular weight is 415 g/mol. The third-order valence-electron chi connectivity index (χ3n) is 3.84. The first-order valence-electron chi connectivity index (χ1n) is 8.35. The number of thioether (sulfide) groups is 1. The lowest BCUT2D eigenvalue weighted by Gasteiger charge is -2.16. The molecule has 28 heavy (non-hydrogen) atoms. The summed E-state index contributed by atoms with van der Waals surface area (Å²) in [5, 5.41) is 0.538. The van der Waals surface area contributed by atoms with Crippen molar-refractivity contribution in [3.8, 4) is 11.5 Å². The van der Waals surface area contributed by atoms with E-state index in [2.05, 4.69) is 19.7 Å². The Kier molecular flexibility index (Phi) is 5.97. The molecule has 1 aromatic carbocycles. The first kappa shape index (κ1) is 20.2. The van der Waals surface area contributed by atoms with Crippen molar-refractivity contribution in [3.05, 3.63) is 41.7 Å². The number of fused-ring (bicyclic) bond motifs is 1. The summed E-state index contributed by atoms with van der Waals surface area (Å²) in [5.41, 5.74) is 2.66. The molecule has 0 saturated heterocycles. The first-order valence-corrected chi connectivity index (χ1v) is 9.33. The summed E-state index contributed by atoms with van der Waals surface area (Å²) in [6.07, 6.45) is -6.81. The van der Waals surface area contributed by atoms with Gasteiger partial charge in [-0.3, -0.25) is 4.98 Å². The molecule has 0 bridgehead atoms. The van der Waals surface area contributed by atoms with Crippen molar-refractivity contribution in [1.29, 1.82) is 0 Å². The molecule has 2 aromatic heterocycles. The Morgan fingerprint density at radius 1 is 1.25 bits per heavy atom. The van der Waals surface area contributed by atoms with Crippen LogP contribution in [0.5, 0.6) is 11.5 Å². The van der Waals surface area contributed by atoms with Crippen molar-refractivity contribution in [1.82, 2.24) is 15.0 Å². The van der Waals surface area contributed by atoms with Crippen molar-refractivity contribution in [2.45, 2.75) is 37.3 Å². The van der Waals surface area contributed by atoms with Gasteiger partial charge in [-0.15, -0.1) is 0 Å². The van der Waals surface area contributed by atoms with E-state index >= 15 is 0 Å². The summed E-state index contributed by atoms with van der Waals surface area (Å²) in [5.74, 6) is 0.902. The van der Waals surface area contributed by atoms with Crippen LogP contribution in [0.25, 0.3) is 11.0 Å². The normalized spacial score (nSPS) is 12.0. The zero-order chi connectivity index (χ0) is 20.3. The van der Waals surface area contributed by atoms with Gasteiger partial charge in [-0.2, -0.15) is 17.6 Å². The Bertz CT molecular complexity index is 965.